The zero-order valence-electron chi connectivity index (χ0n) is 20.9. The van der Waals surface area contributed by atoms with Gasteiger partial charge in [-0.25, -0.2) is 9.59 Å². The van der Waals surface area contributed by atoms with Gasteiger partial charge in [0.25, 0.3) is 0 Å². The summed E-state index contributed by atoms with van der Waals surface area (Å²) in [5.41, 5.74) is -0.971. The molecule has 1 aliphatic heterocycles. The summed E-state index contributed by atoms with van der Waals surface area (Å²) in [6.45, 7) is 13.5. The maximum Gasteiger partial charge on any atom is 0.418 e. The van der Waals surface area contributed by atoms with Crippen molar-refractivity contribution in [3.8, 4) is 0 Å². The Morgan fingerprint density at radius 1 is 0.970 bits per heavy atom. The zero-order valence-corrected chi connectivity index (χ0v) is 20.9. The van der Waals surface area contributed by atoms with E-state index in [1.807, 2.05) is 48.5 Å². The first-order valence-corrected chi connectivity index (χ1v) is 11.7. The van der Waals surface area contributed by atoms with E-state index >= 15 is 0 Å². The molecule has 2 aromatic rings. The lowest BCUT2D eigenvalue weighted by atomic mass is 9.82. The van der Waals surface area contributed by atoms with E-state index in [1.54, 1.807) is 35.4 Å². The summed E-state index contributed by atoms with van der Waals surface area (Å²) < 4.78 is 12.5. The zero-order chi connectivity index (χ0) is 24.6. The highest BCUT2D eigenvalue weighted by Gasteiger charge is 2.50. The third-order valence-corrected chi connectivity index (χ3v) is 5.73. The molecule has 0 radical (unpaired) electrons. The highest BCUT2D eigenvalue weighted by molar-refractivity contribution is 6.07. The van der Waals surface area contributed by atoms with Crippen LogP contribution in [0.1, 0.15) is 84.5 Å². The van der Waals surface area contributed by atoms with Gasteiger partial charge in [-0.05, 0) is 85.1 Å². The maximum absolute atomic E-state index is 13.9. The lowest BCUT2D eigenvalue weighted by Crippen LogP contribution is -2.54. The molecule has 3 rings (SSSR count). The van der Waals surface area contributed by atoms with E-state index in [1.165, 1.54) is 4.57 Å². The average molecular weight is 457 g/mol. The van der Waals surface area contributed by atoms with Crippen molar-refractivity contribution in [3.05, 3.63) is 36.0 Å². The van der Waals surface area contributed by atoms with Crippen molar-refractivity contribution < 1.29 is 23.9 Å². The smallest absolute Gasteiger partial charge is 0.418 e. The quantitative estimate of drug-likeness (QED) is 0.514. The second-order valence-electron chi connectivity index (χ2n) is 10.8. The lowest BCUT2D eigenvalue weighted by Gasteiger charge is -2.38. The van der Waals surface area contributed by atoms with Gasteiger partial charge in [0, 0.05) is 23.7 Å². The van der Waals surface area contributed by atoms with Crippen molar-refractivity contribution in [1.82, 2.24) is 9.47 Å². The van der Waals surface area contributed by atoms with Gasteiger partial charge in [0.2, 0.25) is 0 Å². The van der Waals surface area contributed by atoms with Crippen molar-refractivity contribution in [2.24, 2.45) is 0 Å². The summed E-state index contributed by atoms with van der Waals surface area (Å²) >= 11 is 0. The first kappa shape index (κ1) is 24.8. The summed E-state index contributed by atoms with van der Waals surface area (Å²) in [7, 11) is 0. The van der Waals surface area contributed by atoms with E-state index in [-0.39, 0.29) is 5.78 Å². The predicted molar refractivity (Wildman–Crippen MR) is 128 cm³/mol. The van der Waals surface area contributed by atoms with Gasteiger partial charge in [0.05, 0.1) is 5.52 Å². The Balaban J connectivity index is 1.95. The fraction of sp³-hybridized carbons (Fsp3) is 0.577. The molecule has 7 nitrogen and oxygen atoms in total. The molecule has 0 N–H and O–H groups in total. The van der Waals surface area contributed by atoms with Crippen LogP contribution < -0.4 is 0 Å². The molecular weight excluding hydrogens is 420 g/mol. The second-order valence-corrected chi connectivity index (χ2v) is 10.8. The molecule has 1 saturated heterocycles. The maximum atomic E-state index is 13.9. The molecular formula is C26H36N2O5. The van der Waals surface area contributed by atoms with Crippen LogP contribution in [0, 0.1) is 0 Å². The average Bonchev–Trinajstić information content (AvgIpc) is 3.29. The Labute approximate surface area is 196 Å². The number of fused-ring (bicyclic) bond motifs is 1. The topological polar surface area (TPSA) is 77.8 Å². The predicted octanol–water partition coefficient (Wildman–Crippen LogP) is 6.18. The highest BCUT2D eigenvalue weighted by Crippen LogP contribution is 2.38. The van der Waals surface area contributed by atoms with Gasteiger partial charge in [-0.1, -0.05) is 13.3 Å². The molecule has 1 amide bonds. The van der Waals surface area contributed by atoms with Crippen LogP contribution in [0.2, 0.25) is 0 Å². The molecule has 180 valence electrons. The minimum atomic E-state index is -0.918. The molecule has 33 heavy (non-hydrogen) atoms. The number of likely N-dealkylation sites (tertiary alicyclic amines) is 1. The Hall–Kier alpha value is -2.83. The molecule has 1 fully saturated rings. The van der Waals surface area contributed by atoms with Crippen LogP contribution in [-0.2, 0) is 9.47 Å². The number of nitrogens with zero attached hydrogens (tertiary/aromatic N) is 2. The summed E-state index contributed by atoms with van der Waals surface area (Å²) in [6, 6.07) is 7.08. The molecule has 7 heteroatoms. The number of aromatic nitrogens is 1. The monoisotopic (exact) mass is 456 g/mol. The van der Waals surface area contributed by atoms with Crippen molar-refractivity contribution >= 4 is 28.9 Å². The van der Waals surface area contributed by atoms with Gasteiger partial charge in [0.1, 0.15) is 16.7 Å². The summed E-state index contributed by atoms with van der Waals surface area (Å²) in [6.07, 6.45) is 3.43. The Morgan fingerprint density at radius 2 is 1.61 bits per heavy atom. The highest BCUT2D eigenvalue weighted by atomic mass is 16.6. The van der Waals surface area contributed by atoms with Crippen molar-refractivity contribution in [2.45, 2.75) is 90.9 Å². The molecule has 1 unspecified atom stereocenters. The fourth-order valence-electron chi connectivity index (χ4n) is 4.51. The fourth-order valence-corrected chi connectivity index (χ4v) is 4.51. The Morgan fingerprint density at radius 3 is 2.21 bits per heavy atom. The number of benzene rings is 1. The summed E-state index contributed by atoms with van der Waals surface area (Å²) in [5, 5.41) is 0.764. The van der Waals surface area contributed by atoms with Gasteiger partial charge >= 0.3 is 12.2 Å². The van der Waals surface area contributed by atoms with Crippen LogP contribution in [0.25, 0.3) is 10.9 Å². The minimum Gasteiger partial charge on any atom is -0.444 e. The van der Waals surface area contributed by atoms with Crippen molar-refractivity contribution in [3.63, 3.8) is 0 Å². The molecule has 0 bridgehead atoms. The largest absolute Gasteiger partial charge is 0.444 e. The number of carbonyl (C=O) groups excluding carboxylic acids is 3. The molecule has 1 aliphatic rings. The number of ketones is 1. The summed E-state index contributed by atoms with van der Waals surface area (Å²) in [4.78, 5) is 41.0. The van der Waals surface area contributed by atoms with Gasteiger partial charge in [0.15, 0.2) is 5.78 Å². The molecule has 0 aliphatic carbocycles. The van der Waals surface area contributed by atoms with Crippen LogP contribution in [-0.4, -0.2) is 50.7 Å². The van der Waals surface area contributed by atoms with Crippen molar-refractivity contribution in [1.29, 1.82) is 0 Å². The van der Waals surface area contributed by atoms with Gasteiger partial charge in [-0.15, -0.1) is 0 Å². The number of amides is 1. The second kappa shape index (κ2) is 8.84. The first-order chi connectivity index (χ1) is 15.3. The Bertz CT molecular complexity index is 1060. The number of rotatable bonds is 4. The molecule has 2 heterocycles. The molecule has 1 aromatic carbocycles. The number of carbonyl (C=O) groups is 3. The number of hydrogen-bond acceptors (Lipinski definition) is 5. The van der Waals surface area contributed by atoms with Crippen LogP contribution in [0.4, 0.5) is 9.59 Å². The number of ether oxygens (including phenoxy) is 2. The van der Waals surface area contributed by atoms with E-state index in [4.69, 9.17) is 9.47 Å². The molecule has 0 spiro atoms. The van der Waals surface area contributed by atoms with Gasteiger partial charge in [-0.3, -0.25) is 14.3 Å². The third-order valence-electron chi connectivity index (χ3n) is 5.73. The van der Waals surface area contributed by atoms with Crippen LogP contribution in [0.15, 0.2) is 30.5 Å². The van der Waals surface area contributed by atoms with E-state index in [2.05, 4.69) is 0 Å². The summed E-state index contributed by atoms with van der Waals surface area (Å²) in [5.74, 6) is -0.0837. The molecule has 1 aromatic heterocycles. The number of Topliss-reactive ketones (excluding diaryl/α,β-unsaturated/α-hetero) is 1. The molecule has 1 atom stereocenters. The molecule has 0 saturated carbocycles. The van der Waals surface area contributed by atoms with E-state index in [0.717, 1.165) is 18.2 Å². The Kier molecular flexibility index (Phi) is 6.65. The van der Waals surface area contributed by atoms with Crippen LogP contribution in [0.3, 0.4) is 0 Å². The van der Waals surface area contributed by atoms with E-state index in [9.17, 15) is 14.4 Å². The van der Waals surface area contributed by atoms with Crippen LogP contribution >= 0.6 is 0 Å². The standard InChI is InChI=1S/C26H36N2O5/c1-8-13-26(14-9-15-28(26)23(31)33-25(5,6)7)21(29)19-10-11-20-18(17-19)12-16-27(20)22(30)32-24(2,3)4/h10-12,16-17H,8-9,13-15H2,1-7H3. The minimum absolute atomic E-state index is 0.0837. The van der Waals surface area contributed by atoms with Gasteiger partial charge in [-0.2, -0.15) is 0 Å². The van der Waals surface area contributed by atoms with E-state index in [0.29, 0.717) is 30.5 Å². The van der Waals surface area contributed by atoms with Crippen molar-refractivity contribution in [2.75, 3.05) is 6.54 Å². The SMILES string of the molecule is CCCC1(C(=O)c2ccc3c(ccn3C(=O)OC(C)(C)C)c2)CCCN1C(=O)OC(C)(C)C. The van der Waals surface area contributed by atoms with E-state index < -0.39 is 28.9 Å². The third kappa shape index (κ3) is 5.23. The van der Waals surface area contributed by atoms with Gasteiger partial charge < -0.3 is 9.47 Å². The first-order valence-electron chi connectivity index (χ1n) is 11.7. The van der Waals surface area contributed by atoms with Crippen LogP contribution in [0.5, 0.6) is 0 Å². The lowest BCUT2D eigenvalue weighted by molar-refractivity contribution is 0.00732. The number of hydrogen-bond donors (Lipinski definition) is 0. The normalized spacial score (nSPS) is 19.1.